The molecule has 1 aromatic heterocycles. The van der Waals surface area contributed by atoms with Crippen molar-refractivity contribution in [3.8, 4) is 5.75 Å². The summed E-state index contributed by atoms with van der Waals surface area (Å²) in [6.45, 7) is 0.483. The van der Waals surface area contributed by atoms with Crippen molar-refractivity contribution >= 4 is 41.4 Å². The molecule has 0 atom stereocenters. The molecule has 0 amide bonds. The van der Waals surface area contributed by atoms with Crippen LogP contribution in [0.4, 0.5) is 11.5 Å². The fraction of sp³-hybridized carbons (Fsp3) is 0.250. The van der Waals surface area contributed by atoms with Crippen molar-refractivity contribution in [3.63, 3.8) is 0 Å². The molecule has 0 spiro atoms. The maximum Gasteiger partial charge on any atom is 0.193 e. The number of methoxy groups -OCH3 is 1. The molecule has 2 rings (SSSR count). The number of nitrogens with zero attached hydrogens (tertiary/aromatic N) is 3. The van der Waals surface area contributed by atoms with Gasteiger partial charge in [0, 0.05) is 20.3 Å². The lowest BCUT2D eigenvalue weighted by Crippen LogP contribution is -2.23. The van der Waals surface area contributed by atoms with Crippen LogP contribution in [0.1, 0.15) is 5.56 Å². The molecule has 0 aliphatic heterocycles. The highest BCUT2D eigenvalue weighted by molar-refractivity contribution is 14.0. The number of aliphatic imine (C=N–C) groups is 1. The second-order valence-corrected chi connectivity index (χ2v) is 4.94. The highest BCUT2D eigenvalue weighted by atomic mass is 127. The molecule has 0 saturated heterocycles. The largest absolute Gasteiger partial charge is 0.495 e. The van der Waals surface area contributed by atoms with E-state index < -0.39 is 0 Å². The normalized spacial score (nSPS) is 10.7. The lowest BCUT2D eigenvalue weighted by Gasteiger charge is -2.12. The molecule has 6 nitrogen and oxygen atoms in total. The maximum absolute atomic E-state index is 5.93. The minimum Gasteiger partial charge on any atom is -0.495 e. The molecule has 1 aromatic carbocycles. The zero-order valence-corrected chi connectivity index (χ0v) is 15.8. The SMILES string of the molecule is COc1ccccc1NC(N)=NCc1ccnc(N(C)C)c1.I. The van der Waals surface area contributed by atoms with Crippen molar-refractivity contribution in [2.24, 2.45) is 10.7 Å². The molecular formula is C16H22IN5O. The Bertz CT molecular complexity index is 660. The van der Waals surface area contributed by atoms with Gasteiger partial charge in [0.25, 0.3) is 0 Å². The minimum absolute atomic E-state index is 0. The summed E-state index contributed by atoms with van der Waals surface area (Å²) in [6.07, 6.45) is 1.77. The van der Waals surface area contributed by atoms with Crippen LogP contribution in [0.25, 0.3) is 0 Å². The molecule has 0 fully saturated rings. The fourth-order valence-electron chi connectivity index (χ4n) is 1.91. The van der Waals surface area contributed by atoms with Crippen LogP contribution in [0, 0.1) is 0 Å². The summed E-state index contributed by atoms with van der Waals surface area (Å²) in [5.41, 5.74) is 7.76. The number of ether oxygens (including phenoxy) is 1. The summed E-state index contributed by atoms with van der Waals surface area (Å²) in [5, 5.41) is 3.05. The second-order valence-electron chi connectivity index (χ2n) is 4.94. The number of nitrogens with one attached hydrogen (secondary N) is 1. The molecule has 124 valence electrons. The highest BCUT2D eigenvalue weighted by Crippen LogP contribution is 2.22. The van der Waals surface area contributed by atoms with Gasteiger partial charge in [-0.2, -0.15) is 0 Å². The van der Waals surface area contributed by atoms with Gasteiger partial charge >= 0.3 is 0 Å². The van der Waals surface area contributed by atoms with E-state index in [-0.39, 0.29) is 24.0 Å². The van der Waals surface area contributed by atoms with E-state index in [1.54, 1.807) is 13.3 Å². The summed E-state index contributed by atoms with van der Waals surface area (Å²) in [6, 6.07) is 11.5. The number of rotatable bonds is 5. The molecule has 7 heteroatoms. The Kier molecular flexibility index (Phi) is 7.60. The quantitative estimate of drug-likeness (QED) is 0.436. The van der Waals surface area contributed by atoms with Gasteiger partial charge in [0.05, 0.1) is 19.3 Å². The van der Waals surface area contributed by atoms with Crippen LogP contribution in [0.15, 0.2) is 47.6 Å². The third-order valence-corrected chi connectivity index (χ3v) is 3.07. The van der Waals surface area contributed by atoms with Gasteiger partial charge in [-0.1, -0.05) is 12.1 Å². The number of nitrogens with two attached hydrogens (primary N) is 1. The number of para-hydroxylation sites is 2. The van der Waals surface area contributed by atoms with Crippen LogP contribution in [0.3, 0.4) is 0 Å². The van der Waals surface area contributed by atoms with Gasteiger partial charge in [-0.3, -0.25) is 0 Å². The van der Waals surface area contributed by atoms with E-state index in [9.17, 15) is 0 Å². The van der Waals surface area contributed by atoms with Crippen molar-refractivity contribution in [3.05, 3.63) is 48.2 Å². The summed E-state index contributed by atoms with van der Waals surface area (Å²) in [4.78, 5) is 10.6. The Morgan fingerprint density at radius 1 is 1.30 bits per heavy atom. The Morgan fingerprint density at radius 2 is 2.04 bits per heavy atom. The summed E-state index contributed by atoms with van der Waals surface area (Å²) >= 11 is 0. The highest BCUT2D eigenvalue weighted by Gasteiger charge is 2.03. The molecule has 0 aliphatic rings. The molecule has 2 aromatic rings. The average Bonchev–Trinajstić information content (AvgIpc) is 2.53. The van der Waals surface area contributed by atoms with Crippen LogP contribution in [-0.2, 0) is 6.54 Å². The van der Waals surface area contributed by atoms with Crippen LogP contribution in [0.2, 0.25) is 0 Å². The molecule has 0 aliphatic carbocycles. The topological polar surface area (TPSA) is 75.8 Å². The number of hydrogen-bond donors (Lipinski definition) is 2. The molecule has 0 radical (unpaired) electrons. The van der Waals surface area contributed by atoms with E-state index in [1.165, 1.54) is 0 Å². The van der Waals surface area contributed by atoms with Crippen molar-refractivity contribution < 1.29 is 4.74 Å². The van der Waals surface area contributed by atoms with Crippen molar-refractivity contribution in [2.45, 2.75) is 6.54 Å². The standard InChI is InChI=1S/C16H21N5O.HI/c1-21(2)15-10-12(8-9-18-15)11-19-16(17)20-13-6-4-5-7-14(13)22-3;/h4-10H,11H2,1-3H3,(H3,17,19,20);1H. The number of guanidine groups is 1. The molecule has 3 N–H and O–H groups in total. The van der Waals surface area contributed by atoms with Crippen LogP contribution in [-0.4, -0.2) is 32.1 Å². The third kappa shape index (κ3) is 5.59. The smallest absolute Gasteiger partial charge is 0.193 e. The molecule has 23 heavy (non-hydrogen) atoms. The predicted octanol–water partition coefficient (Wildman–Crippen LogP) is 2.70. The molecule has 1 heterocycles. The zero-order chi connectivity index (χ0) is 15.9. The van der Waals surface area contributed by atoms with Gasteiger partial charge in [0.15, 0.2) is 5.96 Å². The number of hydrogen-bond acceptors (Lipinski definition) is 4. The summed E-state index contributed by atoms with van der Waals surface area (Å²) < 4.78 is 5.26. The first kappa shape index (κ1) is 19.0. The molecule has 0 saturated carbocycles. The van der Waals surface area contributed by atoms with E-state index in [0.29, 0.717) is 12.5 Å². The van der Waals surface area contributed by atoms with Gasteiger partial charge in [0.1, 0.15) is 11.6 Å². The lowest BCUT2D eigenvalue weighted by molar-refractivity contribution is 0.417. The molecule has 0 bridgehead atoms. The zero-order valence-electron chi connectivity index (χ0n) is 13.5. The summed E-state index contributed by atoms with van der Waals surface area (Å²) in [5.74, 6) is 1.95. The average molecular weight is 427 g/mol. The van der Waals surface area contributed by atoms with Gasteiger partial charge in [0.2, 0.25) is 0 Å². The van der Waals surface area contributed by atoms with Crippen molar-refractivity contribution in [1.82, 2.24) is 4.98 Å². The second kappa shape index (κ2) is 9.19. The Balaban J connectivity index is 0.00000264. The first-order valence-electron chi connectivity index (χ1n) is 6.92. The van der Waals surface area contributed by atoms with Crippen LogP contribution >= 0.6 is 24.0 Å². The lowest BCUT2D eigenvalue weighted by atomic mass is 10.2. The van der Waals surface area contributed by atoms with E-state index in [4.69, 9.17) is 10.5 Å². The molecular weight excluding hydrogens is 405 g/mol. The van der Waals surface area contributed by atoms with Crippen LogP contribution in [0.5, 0.6) is 5.75 Å². The van der Waals surface area contributed by atoms with Gasteiger partial charge < -0.3 is 20.7 Å². The Hall–Kier alpha value is -2.03. The first-order valence-corrected chi connectivity index (χ1v) is 6.92. The van der Waals surface area contributed by atoms with E-state index >= 15 is 0 Å². The number of anilines is 2. The number of pyridine rings is 1. The fourth-order valence-corrected chi connectivity index (χ4v) is 1.91. The van der Waals surface area contributed by atoms with Gasteiger partial charge in [-0.25, -0.2) is 9.98 Å². The minimum atomic E-state index is 0. The Labute approximate surface area is 153 Å². The Morgan fingerprint density at radius 3 is 2.74 bits per heavy atom. The van der Waals surface area contributed by atoms with E-state index in [1.807, 2.05) is 55.4 Å². The van der Waals surface area contributed by atoms with Gasteiger partial charge in [-0.15, -0.1) is 24.0 Å². The van der Waals surface area contributed by atoms with Gasteiger partial charge in [-0.05, 0) is 29.8 Å². The van der Waals surface area contributed by atoms with Crippen molar-refractivity contribution in [1.29, 1.82) is 0 Å². The first-order chi connectivity index (χ1) is 10.6. The number of aromatic nitrogens is 1. The van der Waals surface area contributed by atoms with Crippen molar-refractivity contribution in [2.75, 3.05) is 31.4 Å². The third-order valence-electron chi connectivity index (χ3n) is 3.07. The summed E-state index contributed by atoms with van der Waals surface area (Å²) in [7, 11) is 5.52. The number of benzene rings is 1. The maximum atomic E-state index is 5.93. The van der Waals surface area contributed by atoms with E-state index in [0.717, 1.165) is 22.8 Å². The van der Waals surface area contributed by atoms with Crippen LogP contribution < -0.4 is 20.7 Å². The number of halogens is 1. The monoisotopic (exact) mass is 427 g/mol. The predicted molar refractivity (Wildman–Crippen MR) is 106 cm³/mol. The van der Waals surface area contributed by atoms with E-state index in [2.05, 4.69) is 15.3 Å². The molecule has 0 unspecified atom stereocenters.